The maximum absolute atomic E-state index is 3.86. The van der Waals surface area contributed by atoms with Crippen molar-refractivity contribution in [3.05, 3.63) is 6.92 Å². The third-order valence-corrected chi connectivity index (χ3v) is 2.67. The van der Waals surface area contributed by atoms with E-state index in [-0.39, 0.29) is 0 Å². The summed E-state index contributed by atoms with van der Waals surface area (Å²) in [7, 11) is 0. The topological polar surface area (TPSA) is 3.24 Å². The Balaban J connectivity index is 1.91. The second-order valence-corrected chi connectivity index (χ2v) is 3.82. The van der Waals surface area contributed by atoms with Gasteiger partial charge < -0.3 is 4.90 Å². The Morgan fingerprint density at radius 2 is 1.67 bits per heavy atom. The van der Waals surface area contributed by atoms with Gasteiger partial charge in [0.25, 0.3) is 0 Å². The van der Waals surface area contributed by atoms with Gasteiger partial charge in [0.05, 0.1) is 0 Å². The van der Waals surface area contributed by atoms with Crippen molar-refractivity contribution >= 4 is 0 Å². The summed E-state index contributed by atoms with van der Waals surface area (Å²) < 4.78 is 0. The van der Waals surface area contributed by atoms with E-state index in [1.165, 1.54) is 58.2 Å². The lowest BCUT2D eigenvalue weighted by Crippen LogP contribution is -2.30. The monoisotopic (exact) mass is 168 g/mol. The molecule has 1 rings (SSSR count). The molecule has 0 aliphatic carbocycles. The molecule has 0 atom stereocenters. The summed E-state index contributed by atoms with van der Waals surface area (Å²) in [5.41, 5.74) is 0. The molecular formula is C11H22N. The van der Waals surface area contributed by atoms with Crippen molar-refractivity contribution in [1.82, 2.24) is 4.90 Å². The molecule has 0 bridgehead atoms. The minimum atomic E-state index is 1.11. The standard InChI is InChI=1S/C11H22N/c1-2-3-4-6-9-12-10-7-5-8-11-12/h1-11H2. The Kier molecular flexibility index (Phi) is 5.42. The van der Waals surface area contributed by atoms with Gasteiger partial charge in [0.15, 0.2) is 0 Å². The van der Waals surface area contributed by atoms with Crippen LogP contribution in [0.1, 0.15) is 44.9 Å². The number of hydrogen-bond donors (Lipinski definition) is 0. The second kappa shape index (κ2) is 6.47. The molecule has 1 heteroatoms. The average Bonchev–Trinajstić information content (AvgIpc) is 2.14. The predicted molar refractivity (Wildman–Crippen MR) is 54.1 cm³/mol. The number of likely N-dealkylation sites (tertiary alicyclic amines) is 1. The lowest BCUT2D eigenvalue weighted by atomic mass is 10.1. The van der Waals surface area contributed by atoms with E-state index >= 15 is 0 Å². The molecule has 0 N–H and O–H groups in total. The van der Waals surface area contributed by atoms with E-state index in [4.69, 9.17) is 0 Å². The zero-order valence-electron chi connectivity index (χ0n) is 8.23. The summed E-state index contributed by atoms with van der Waals surface area (Å²) in [6, 6.07) is 0. The number of unbranched alkanes of at least 4 members (excludes halogenated alkanes) is 3. The van der Waals surface area contributed by atoms with Crippen LogP contribution in [-0.2, 0) is 0 Å². The maximum Gasteiger partial charge on any atom is -0.00187 e. The van der Waals surface area contributed by atoms with Crippen molar-refractivity contribution in [3.63, 3.8) is 0 Å². The molecule has 1 fully saturated rings. The number of nitrogens with zero attached hydrogens (tertiary/aromatic N) is 1. The molecule has 0 aromatic rings. The van der Waals surface area contributed by atoms with E-state index in [2.05, 4.69) is 11.8 Å². The third kappa shape index (κ3) is 4.10. The van der Waals surface area contributed by atoms with Crippen LogP contribution in [-0.4, -0.2) is 24.5 Å². The molecule has 0 aromatic heterocycles. The first-order valence-electron chi connectivity index (χ1n) is 5.45. The third-order valence-electron chi connectivity index (χ3n) is 2.67. The minimum Gasteiger partial charge on any atom is -0.303 e. The molecule has 1 radical (unpaired) electrons. The van der Waals surface area contributed by atoms with Crippen LogP contribution >= 0.6 is 0 Å². The smallest absolute Gasteiger partial charge is 0.00187 e. The summed E-state index contributed by atoms with van der Waals surface area (Å²) in [4.78, 5) is 2.62. The van der Waals surface area contributed by atoms with Gasteiger partial charge in [-0.3, -0.25) is 0 Å². The van der Waals surface area contributed by atoms with Crippen molar-refractivity contribution in [2.24, 2.45) is 0 Å². The van der Waals surface area contributed by atoms with Gasteiger partial charge in [-0.15, -0.1) is 0 Å². The van der Waals surface area contributed by atoms with Crippen LogP contribution in [0.5, 0.6) is 0 Å². The highest BCUT2D eigenvalue weighted by atomic mass is 15.1. The van der Waals surface area contributed by atoms with E-state index in [9.17, 15) is 0 Å². The van der Waals surface area contributed by atoms with E-state index < -0.39 is 0 Å². The first kappa shape index (κ1) is 10.0. The quantitative estimate of drug-likeness (QED) is 0.571. The van der Waals surface area contributed by atoms with Gasteiger partial charge in [-0.2, -0.15) is 0 Å². The van der Waals surface area contributed by atoms with Gasteiger partial charge in [-0.05, 0) is 38.9 Å². The summed E-state index contributed by atoms with van der Waals surface area (Å²) >= 11 is 0. The summed E-state index contributed by atoms with van der Waals surface area (Å²) in [6.07, 6.45) is 9.49. The highest BCUT2D eigenvalue weighted by Crippen LogP contribution is 2.10. The largest absolute Gasteiger partial charge is 0.303 e. The molecule has 0 unspecified atom stereocenters. The zero-order chi connectivity index (χ0) is 8.65. The van der Waals surface area contributed by atoms with Crippen LogP contribution in [0.3, 0.4) is 0 Å². The van der Waals surface area contributed by atoms with Gasteiger partial charge in [-0.1, -0.05) is 32.6 Å². The van der Waals surface area contributed by atoms with Crippen molar-refractivity contribution < 1.29 is 0 Å². The Bertz CT molecular complexity index is 95.2. The fourth-order valence-corrected chi connectivity index (χ4v) is 1.87. The Morgan fingerprint density at radius 3 is 2.33 bits per heavy atom. The highest BCUT2D eigenvalue weighted by molar-refractivity contribution is 4.64. The lowest BCUT2D eigenvalue weighted by molar-refractivity contribution is 0.224. The number of rotatable bonds is 5. The fraction of sp³-hybridized carbons (Fsp3) is 0.909. The highest BCUT2D eigenvalue weighted by Gasteiger charge is 2.08. The molecule has 0 saturated carbocycles. The first-order valence-corrected chi connectivity index (χ1v) is 5.45. The van der Waals surface area contributed by atoms with Crippen LogP contribution in [0, 0.1) is 6.92 Å². The zero-order valence-corrected chi connectivity index (χ0v) is 8.23. The molecule has 1 heterocycles. The average molecular weight is 168 g/mol. The van der Waals surface area contributed by atoms with Crippen LogP contribution in [0.4, 0.5) is 0 Å². The van der Waals surface area contributed by atoms with Crippen molar-refractivity contribution in [3.8, 4) is 0 Å². The van der Waals surface area contributed by atoms with Gasteiger partial charge in [0.1, 0.15) is 0 Å². The van der Waals surface area contributed by atoms with Crippen molar-refractivity contribution in [2.75, 3.05) is 19.6 Å². The summed E-state index contributed by atoms with van der Waals surface area (Å²) in [6.45, 7) is 7.89. The van der Waals surface area contributed by atoms with Crippen LogP contribution in [0.25, 0.3) is 0 Å². The normalized spacial score (nSPS) is 19.8. The van der Waals surface area contributed by atoms with Crippen LogP contribution < -0.4 is 0 Å². The summed E-state index contributed by atoms with van der Waals surface area (Å²) in [5, 5.41) is 0. The molecule has 12 heavy (non-hydrogen) atoms. The van der Waals surface area contributed by atoms with E-state index in [0.29, 0.717) is 0 Å². The molecule has 1 aliphatic heterocycles. The molecule has 0 spiro atoms. The number of hydrogen-bond acceptors (Lipinski definition) is 1. The van der Waals surface area contributed by atoms with Gasteiger partial charge >= 0.3 is 0 Å². The van der Waals surface area contributed by atoms with E-state index in [1.807, 2.05) is 0 Å². The van der Waals surface area contributed by atoms with Crippen LogP contribution in [0.15, 0.2) is 0 Å². The Morgan fingerprint density at radius 1 is 0.917 bits per heavy atom. The van der Waals surface area contributed by atoms with Crippen molar-refractivity contribution in [1.29, 1.82) is 0 Å². The first-order chi connectivity index (χ1) is 5.93. The Labute approximate surface area is 77.1 Å². The molecule has 71 valence electrons. The van der Waals surface area contributed by atoms with Gasteiger partial charge in [0.2, 0.25) is 0 Å². The molecule has 0 amide bonds. The predicted octanol–water partition coefficient (Wildman–Crippen LogP) is 2.87. The number of piperidine rings is 1. The lowest BCUT2D eigenvalue weighted by Gasteiger charge is -2.26. The molecule has 1 nitrogen and oxygen atoms in total. The molecule has 0 aromatic carbocycles. The van der Waals surface area contributed by atoms with Crippen molar-refractivity contribution in [2.45, 2.75) is 44.9 Å². The van der Waals surface area contributed by atoms with E-state index in [0.717, 1.165) is 6.42 Å². The second-order valence-electron chi connectivity index (χ2n) is 3.82. The molecule has 1 saturated heterocycles. The van der Waals surface area contributed by atoms with Gasteiger partial charge in [-0.25, -0.2) is 0 Å². The Hall–Kier alpha value is -0.0400. The molecular weight excluding hydrogens is 146 g/mol. The van der Waals surface area contributed by atoms with Gasteiger partial charge in [0, 0.05) is 0 Å². The summed E-state index contributed by atoms with van der Waals surface area (Å²) in [5.74, 6) is 0. The van der Waals surface area contributed by atoms with Crippen LogP contribution in [0.2, 0.25) is 0 Å². The minimum absolute atomic E-state index is 1.11. The van der Waals surface area contributed by atoms with E-state index in [1.54, 1.807) is 0 Å². The maximum atomic E-state index is 3.86. The molecule has 1 aliphatic rings. The SMILES string of the molecule is [CH2]CCCCCN1CCCCC1. The fourth-order valence-electron chi connectivity index (χ4n) is 1.87.